The van der Waals surface area contributed by atoms with E-state index in [1.54, 1.807) is 6.92 Å². The number of carbonyl (C=O) groups excluding carboxylic acids is 1. The van der Waals surface area contributed by atoms with Crippen LogP contribution in [0, 0.1) is 13.8 Å². The summed E-state index contributed by atoms with van der Waals surface area (Å²) in [5, 5.41) is 3.06. The van der Waals surface area contributed by atoms with E-state index in [0.717, 1.165) is 32.5 Å². The number of amides is 1. The fourth-order valence-electron chi connectivity index (χ4n) is 3.81. The van der Waals surface area contributed by atoms with Gasteiger partial charge >= 0.3 is 0 Å². The monoisotopic (exact) mass is 336 g/mol. The standard InChI is InChI=1S/C22H28N2O/c1-16-11-17(2)13-21(12-16)20-8-6-19(7-9-20)14-24-10-4-5-22(15-24)23-18(3)25/h6-9,11-13,22H,4-5,10,14-15H2,1-3H3,(H,23,25). The van der Waals surface area contributed by atoms with Gasteiger partial charge in [-0.05, 0) is 49.9 Å². The second kappa shape index (κ2) is 7.83. The van der Waals surface area contributed by atoms with E-state index in [0.29, 0.717) is 6.04 Å². The molecule has 3 heteroatoms. The molecular formula is C22H28N2O. The lowest BCUT2D eigenvalue weighted by Crippen LogP contribution is -2.46. The maximum absolute atomic E-state index is 11.3. The van der Waals surface area contributed by atoms with Gasteiger partial charge in [0.2, 0.25) is 5.91 Å². The van der Waals surface area contributed by atoms with Crippen LogP contribution < -0.4 is 5.32 Å². The Kier molecular flexibility index (Phi) is 5.54. The summed E-state index contributed by atoms with van der Waals surface area (Å²) in [6, 6.07) is 15.9. The summed E-state index contributed by atoms with van der Waals surface area (Å²) in [7, 11) is 0. The molecule has 1 fully saturated rings. The Labute approximate surface area is 151 Å². The van der Waals surface area contributed by atoms with Gasteiger partial charge in [0.1, 0.15) is 0 Å². The summed E-state index contributed by atoms with van der Waals surface area (Å²) < 4.78 is 0. The summed E-state index contributed by atoms with van der Waals surface area (Å²) in [5.74, 6) is 0.0738. The highest BCUT2D eigenvalue weighted by molar-refractivity contribution is 5.73. The van der Waals surface area contributed by atoms with Crippen LogP contribution in [0.15, 0.2) is 42.5 Å². The smallest absolute Gasteiger partial charge is 0.217 e. The molecule has 1 atom stereocenters. The highest BCUT2D eigenvalue weighted by Gasteiger charge is 2.20. The van der Waals surface area contributed by atoms with Crippen LogP contribution in [-0.4, -0.2) is 29.9 Å². The van der Waals surface area contributed by atoms with Crippen LogP contribution in [0.3, 0.4) is 0 Å². The van der Waals surface area contributed by atoms with Gasteiger partial charge in [0.05, 0.1) is 0 Å². The molecule has 1 aliphatic heterocycles. The van der Waals surface area contributed by atoms with Crippen molar-refractivity contribution in [2.45, 2.75) is 46.2 Å². The van der Waals surface area contributed by atoms with Crippen molar-refractivity contribution in [3.8, 4) is 11.1 Å². The van der Waals surface area contributed by atoms with Gasteiger partial charge in [-0.15, -0.1) is 0 Å². The van der Waals surface area contributed by atoms with Gasteiger partial charge in [-0.25, -0.2) is 0 Å². The number of benzene rings is 2. The molecule has 0 saturated carbocycles. The van der Waals surface area contributed by atoms with E-state index in [1.807, 2.05) is 0 Å². The van der Waals surface area contributed by atoms with E-state index >= 15 is 0 Å². The summed E-state index contributed by atoms with van der Waals surface area (Å²) in [6.07, 6.45) is 2.23. The lowest BCUT2D eigenvalue weighted by Gasteiger charge is -2.33. The van der Waals surface area contributed by atoms with Crippen LogP contribution in [0.4, 0.5) is 0 Å². The highest BCUT2D eigenvalue weighted by atomic mass is 16.1. The Morgan fingerprint density at radius 2 is 1.76 bits per heavy atom. The topological polar surface area (TPSA) is 32.3 Å². The average molecular weight is 336 g/mol. The first-order valence-corrected chi connectivity index (χ1v) is 9.16. The van der Waals surface area contributed by atoms with Crippen molar-refractivity contribution in [3.63, 3.8) is 0 Å². The predicted octanol–water partition coefficient (Wildman–Crippen LogP) is 4.07. The minimum Gasteiger partial charge on any atom is -0.352 e. The van der Waals surface area contributed by atoms with E-state index < -0.39 is 0 Å². The zero-order valence-corrected chi connectivity index (χ0v) is 15.5. The third-order valence-electron chi connectivity index (χ3n) is 4.83. The lowest BCUT2D eigenvalue weighted by atomic mass is 9.99. The van der Waals surface area contributed by atoms with Gasteiger partial charge in [-0.1, -0.05) is 53.6 Å². The molecule has 0 bridgehead atoms. The number of likely N-dealkylation sites (tertiary alicyclic amines) is 1. The number of hydrogen-bond acceptors (Lipinski definition) is 2. The van der Waals surface area contributed by atoms with E-state index in [9.17, 15) is 4.79 Å². The Hall–Kier alpha value is -2.13. The van der Waals surface area contributed by atoms with Gasteiger partial charge < -0.3 is 5.32 Å². The van der Waals surface area contributed by atoms with Gasteiger partial charge in [0, 0.05) is 26.1 Å². The Morgan fingerprint density at radius 1 is 1.08 bits per heavy atom. The van der Waals surface area contributed by atoms with Crippen molar-refractivity contribution in [2.24, 2.45) is 0 Å². The fraction of sp³-hybridized carbons (Fsp3) is 0.409. The second-order valence-corrected chi connectivity index (χ2v) is 7.35. The minimum atomic E-state index is 0.0738. The maximum Gasteiger partial charge on any atom is 0.217 e. The molecule has 132 valence electrons. The number of hydrogen-bond donors (Lipinski definition) is 1. The molecule has 2 aromatic carbocycles. The van der Waals surface area contributed by atoms with E-state index in [4.69, 9.17) is 0 Å². The van der Waals surface area contributed by atoms with E-state index in [1.165, 1.54) is 27.8 Å². The van der Waals surface area contributed by atoms with Crippen molar-refractivity contribution in [1.29, 1.82) is 0 Å². The molecule has 1 N–H and O–H groups in total. The second-order valence-electron chi connectivity index (χ2n) is 7.35. The van der Waals surface area contributed by atoms with Crippen molar-refractivity contribution in [2.75, 3.05) is 13.1 Å². The third-order valence-corrected chi connectivity index (χ3v) is 4.83. The molecule has 0 spiro atoms. The SMILES string of the molecule is CC(=O)NC1CCCN(Cc2ccc(-c3cc(C)cc(C)c3)cc2)C1. The summed E-state index contributed by atoms with van der Waals surface area (Å²) in [5.41, 5.74) is 6.49. The quantitative estimate of drug-likeness (QED) is 0.913. The predicted molar refractivity (Wildman–Crippen MR) is 103 cm³/mol. The minimum absolute atomic E-state index is 0.0738. The molecule has 3 nitrogen and oxygen atoms in total. The number of rotatable bonds is 4. The third kappa shape index (κ3) is 4.93. The van der Waals surface area contributed by atoms with Crippen LogP contribution in [0.2, 0.25) is 0 Å². The molecule has 2 aromatic rings. The van der Waals surface area contributed by atoms with E-state index in [2.05, 4.69) is 66.5 Å². The summed E-state index contributed by atoms with van der Waals surface area (Å²) >= 11 is 0. The van der Waals surface area contributed by atoms with E-state index in [-0.39, 0.29) is 5.91 Å². The average Bonchev–Trinajstić information content (AvgIpc) is 2.54. The molecule has 1 heterocycles. The largest absolute Gasteiger partial charge is 0.352 e. The molecule has 0 radical (unpaired) electrons. The first-order chi connectivity index (χ1) is 12.0. The fourth-order valence-corrected chi connectivity index (χ4v) is 3.81. The van der Waals surface area contributed by atoms with Crippen molar-refractivity contribution in [3.05, 3.63) is 59.2 Å². The molecule has 3 rings (SSSR count). The first-order valence-electron chi connectivity index (χ1n) is 9.16. The molecule has 0 aliphatic carbocycles. The van der Waals surface area contributed by atoms with Gasteiger partial charge in [-0.3, -0.25) is 9.69 Å². The van der Waals surface area contributed by atoms with Crippen LogP contribution >= 0.6 is 0 Å². The van der Waals surface area contributed by atoms with Gasteiger partial charge in [-0.2, -0.15) is 0 Å². The van der Waals surface area contributed by atoms with Gasteiger partial charge in [0.15, 0.2) is 0 Å². The Balaban J connectivity index is 1.65. The molecular weight excluding hydrogens is 308 g/mol. The molecule has 0 aromatic heterocycles. The molecule has 1 amide bonds. The van der Waals surface area contributed by atoms with Gasteiger partial charge in [0.25, 0.3) is 0 Å². The van der Waals surface area contributed by atoms with Crippen molar-refractivity contribution in [1.82, 2.24) is 10.2 Å². The zero-order valence-electron chi connectivity index (χ0n) is 15.5. The normalized spacial score (nSPS) is 18.1. The van der Waals surface area contributed by atoms with Crippen LogP contribution in [0.25, 0.3) is 11.1 Å². The zero-order chi connectivity index (χ0) is 17.8. The van der Waals surface area contributed by atoms with Crippen LogP contribution in [-0.2, 0) is 11.3 Å². The molecule has 1 saturated heterocycles. The Morgan fingerprint density at radius 3 is 2.40 bits per heavy atom. The van der Waals surface area contributed by atoms with Crippen LogP contribution in [0.1, 0.15) is 36.5 Å². The molecule has 25 heavy (non-hydrogen) atoms. The summed E-state index contributed by atoms with van der Waals surface area (Å²) in [4.78, 5) is 13.7. The lowest BCUT2D eigenvalue weighted by molar-refractivity contribution is -0.120. The summed E-state index contributed by atoms with van der Waals surface area (Å²) in [6.45, 7) is 8.89. The first kappa shape index (κ1) is 17.7. The highest BCUT2D eigenvalue weighted by Crippen LogP contribution is 2.23. The number of piperidine rings is 1. The molecule has 1 aliphatic rings. The maximum atomic E-state index is 11.3. The van der Waals surface area contributed by atoms with Crippen molar-refractivity contribution >= 4 is 5.91 Å². The number of nitrogens with one attached hydrogen (secondary N) is 1. The number of carbonyl (C=O) groups is 1. The molecule has 1 unspecified atom stereocenters. The van der Waals surface area contributed by atoms with Crippen LogP contribution in [0.5, 0.6) is 0 Å². The number of nitrogens with zero attached hydrogens (tertiary/aromatic N) is 1. The number of aryl methyl sites for hydroxylation is 2. The van der Waals surface area contributed by atoms with Crippen molar-refractivity contribution < 1.29 is 4.79 Å². The Bertz CT molecular complexity index is 716.